The van der Waals surface area contributed by atoms with Crippen molar-refractivity contribution >= 4 is 15.8 Å². The lowest BCUT2D eigenvalue weighted by Crippen LogP contribution is -2.40. The highest BCUT2D eigenvalue weighted by Crippen LogP contribution is 2.19. The number of pyridine rings is 1. The third kappa shape index (κ3) is 3.65. The predicted molar refractivity (Wildman–Crippen MR) is 72.6 cm³/mol. The van der Waals surface area contributed by atoms with Gasteiger partial charge in [0.1, 0.15) is 10.7 Å². The summed E-state index contributed by atoms with van der Waals surface area (Å²) in [4.78, 5) is 4.25. The fourth-order valence-corrected chi connectivity index (χ4v) is 3.41. The number of nitrogens with zero attached hydrogens (tertiary/aromatic N) is 1. The molecule has 1 aromatic rings. The Hall–Kier alpha value is -1.18. The van der Waals surface area contributed by atoms with E-state index in [4.69, 9.17) is 4.74 Å². The minimum Gasteiger partial charge on any atom is -0.380 e. The van der Waals surface area contributed by atoms with Crippen molar-refractivity contribution < 1.29 is 13.2 Å². The Bertz CT molecular complexity index is 513. The van der Waals surface area contributed by atoms with Crippen molar-refractivity contribution in [3.8, 4) is 0 Å². The summed E-state index contributed by atoms with van der Waals surface area (Å²) < 4.78 is 32.7. The molecular formula is C12H19N3O3S. The Balaban J connectivity index is 2.18. The molecule has 0 aromatic carbocycles. The highest BCUT2D eigenvalue weighted by atomic mass is 32.2. The fourth-order valence-electron chi connectivity index (χ4n) is 2.02. The van der Waals surface area contributed by atoms with Gasteiger partial charge in [0.15, 0.2) is 0 Å². The van der Waals surface area contributed by atoms with Crippen molar-refractivity contribution in [2.24, 2.45) is 0 Å². The number of hydrogen-bond donors (Lipinski definition) is 2. The largest absolute Gasteiger partial charge is 0.380 e. The van der Waals surface area contributed by atoms with E-state index in [-0.39, 0.29) is 10.9 Å². The minimum atomic E-state index is -3.57. The third-order valence-corrected chi connectivity index (χ3v) is 4.44. The average Bonchev–Trinajstić information content (AvgIpc) is 2.40. The van der Waals surface area contributed by atoms with Crippen LogP contribution >= 0.6 is 0 Å². The second-order valence-electron chi connectivity index (χ2n) is 4.42. The molecule has 1 unspecified atom stereocenters. The third-order valence-electron chi connectivity index (χ3n) is 2.89. The van der Waals surface area contributed by atoms with Gasteiger partial charge in [0.2, 0.25) is 10.0 Å². The molecule has 1 saturated heterocycles. The molecular weight excluding hydrogens is 266 g/mol. The summed E-state index contributed by atoms with van der Waals surface area (Å²) in [6, 6.07) is 3.01. The Morgan fingerprint density at radius 1 is 1.53 bits per heavy atom. The van der Waals surface area contributed by atoms with Gasteiger partial charge in [-0.15, -0.1) is 0 Å². The molecule has 2 N–H and O–H groups in total. The summed E-state index contributed by atoms with van der Waals surface area (Å²) in [5.41, 5.74) is 0. The topological polar surface area (TPSA) is 80.3 Å². The number of rotatable bonds is 5. The molecule has 106 valence electrons. The van der Waals surface area contributed by atoms with E-state index in [1.54, 1.807) is 18.3 Å². The Morgan fingerprint density at radius 3 is 3.05 bits per heavy atom. The van der Waals surface area contributed by atoms with Crippen molar-refractivity contribution in [1.29, 1.82) is 0 Å². The first-order valence-corrected chi connectivity index (χ1v) is 7.91. The molecule has 0 saturated carbocycles. The van der Waals surface area contributed by atoms with Gasteiger partial charge in [-0.1, -0.05) is 0 Å². The first-order chi connectivity index (χ1) is 9.13. The number of ether oxygens (including phenoxy) is 1. The maximum absolute atomic E-state index is 12.3. The monoisotopic (exact) mass is 285 g/mol. The standard InChI is InChI=1S/C12H19N3O3S/c1-2-13-12-11(6-3-7-14-12)19(16,17)15-10-5-4-8-18-9-10/h3,6-7,10,15H,2,4-5,8-9H2,1H3,(H,13,14). The molecule has 0 spiro atoms. The van der Waals surface area contributed by atoms with Gasteiger partial charge in [0, 0.05) is 25.4 Å². The van der Waals surface area contributed by atoms with E-state index >= 15 is 0 Å². The quantitative estimate of drug-likeness (QED) is 0.842. The minimum absolute atomic E-state index is 0.159. The van der Waals surface area contributed by atoms with E-state index in [2.05, 4.69) is 15.0 Å². The van der Waals surface area contributed by atoms with Crippen LogP contribution in [0.3, 0.4) is 0 Å². The van der Waals surface area contributed by atoms with Crippen LogP contribution in [-0.4, -0.2) is 39.2 Å². The lowest BCUT2D eigenvalue weighted by atomic mass is 10.1. The predicted octanol–water partition coefficient (Wildman–Crippen LogP) is 0.971. The molecule has 2 rings (SSSR count). The summed E-state index contributed by atoms with van der Waals surface area (Å²) in [6.07, 6.45) is 3.25. The zero-order chi connectivity index (χ0) is 13.7. The van der Waals surface area contributed by atoms with Crippen molar-refractivity contribution in [2.75, 3.05) is 25.1 Å². The first kappa shape index (κ1) is 14.2. The van der Waals surface area contributed by atoms with Crippen LogP contribution in [0.5, 0.6) is 0 Å². The molecule has 1 fully saturated rings. The van der Waals surface area contributed by atoms with E-state index in [0.29, 0.717) is 25.6 Å². The fraction of sp³-hybridized carbons (Fsp3) is 0.583. The maximum atomic E-state index is 12.3. The Labute approximate surface area is 113 Å². The molecule has 0 aliphatic carbocycles. The first-order valence-electron chi connectivity index (χ1n) is 6.42. The number of sulfonamides is 1. The van der Waals surface area contributed by atoms with Crippen molar-refractivity contribution in [2.45, 2.75) is 30.7 Å². The van der Waals surface area contributed by atoms with E-state index in [1.807, 2.05) is 6.92 Å². The molecule has 6 nitrogen and oxygen atoms in total. The molecule has 7 heteroatoms. The van der Waals surface area contributed by atoms with Gasteiger partial charge in [-0.3, -0.25) is 0 Å². The molecule has 19 heavy (non-hydrogen) atoms. The number of hydrogen-bond acceptors (Lipinski definition) is 5. The number of anilines is 1. The highest BCUT2D eigenvalue weighted by Gasteiger charge is 2.24. The average molecular weight is 285 g/mol. The molecule has 1 aromatic heterocycles. The lowest BCUT2D eigenvalue weighted by molar-refractivity contribution is 0.0774. The van der Waals surface area contributed by atoms with E-state index < -0.39 is 10.0 Å². The van der Waals surface area contributed by atoms with Crippen molar-refractivity contribution in [3.05, 3.63) is 18.3 Å². The zero-order valence-electron chi connectivity index (χ0n) is 10.9. The van der Waals surface area contributed by atoms with Gasteiger partial charge in [-0.2, -0.15) is 0 Å². The van der Waals surface area contributed by atoms with Crippen LogP contribution in [0.25, 0.3) is 0 Å². The number of aromatic nitrogens is 1. The molecule has 1 aliphatic heterocycles. The summed E-state index contributed by atoms with van der Waals surface area (Å²) >= 11 is 0. The van der Waals surface area contributed by atoms with Crippen molar-refractivity contribution in [3.63, 3.8) is 0 Å². The summed E-state index contributed by atoms with van der Waals surface area (Å²) in [5.74, 6) is 0.384. The van der Waals surface area contributed by atoms with Crippen molar-refractivity contribution in [1.82, 2.24) is 9.71 Å². The van der Waals surface area contributed by atoms with Crippen LogP contribution in [0.1, 0.15) is 19.8 Å². The summed E-state index contributed by atoms with van der Waals surface area (Å²) in [5, 5.41) is 2.96. The SMILES string of the molecule is CCNc1ncccc1S(=O)(=O)NC1CCCOC1. The van der Waals surface area contributed by atoms with E-state index in [9.17, 15) is 8.42 Å². The van der Waals surface area contributed by atoms with Gasteiger partial charge in [-0.25, -0.2) is 18.1 Å². The number of nitrogens with one attached hydrogen (secondary N) is 2. The second kappa shape index (κ2) is 6.31. The van der Waals surface area contributed by atoms with Gasteiger partial charge < -0.3 is 10.1 Å². The van der Waals surface area contributed by atoms with Crippen LogP contribution < -0.4 is 10.0 Å². The molecule has 0 radical (unpaired) electrons. The van der Waals surface area contributed by atoms with Crippen LogP contribution in [0.2, 0.25) is 0 Å². The Kier molecular flexibility index (Phi) is 4.73. The van der Waals surface area contributed by atoms with Crippen LogP contribution in [0.4, 0.5) is 5.82 Å². The maximum Gasteiger partial charge on any atom is 0.244 e. The van der Waals surface area contributed by atoms with Gasteiger partial charge in [0.25, 0.3) is 0 Å². The summed E-state index contributed by atoms with van der Waals surface area (Å²) in [7, 11) is -3.57. The van der Waals surface area contributed by atoms with Crippen LogP contribution in [-0.2, 0) is 14.8 Å². The summed E-state index contributed by atoms with van der Waals surface area (Å²) in [6.45, 7) is 3.64. The van der Waals surface area contributed by atoms with Gasteiger partial charge >= 0.3 is 0 Å². The second-order valence-corrected chi connectivity index (χ2v) is 6.10. The smallest absolute Gasteiger partial charge is 0.244 e. The molecule has 1 atom stereocenters. The Morgan fingerprint density at radius 2 is 2.37 bits per heavy atom. The molecule has 2 heterocycles. The lowest BCUT2D eigenvalue weighted by Gasteiger charge is -2.23. The van der Waals surface area contributed by atoms with Gasteiger partial charge in [0.05, 0.1) is 6.61 Å². The normalized spacial score (nSPS) is 20.2. The van der Waals surface area contributed by atoms with E-state index in [0.717, 1.165) is 12.8 Å². The van der Waals surface area contributed by atoms with E-state index in [1.165, 1.54) is 0 Å². The van der Waals surface area contributed by atoms with Crippen LogP contribution in [0, 0.1) is 0 Å². The molecule has 0 bridgehead atoms. The van der Waals surface area contributed by atoms with Gasteiger partial charge in [-0.05, 0) is 31.9 Å². The molecule has 0 amide bonds. The highest BCUT2D eigenvalue weighted by molar-refractivity contribution is 7.89. The van der Waals surface area contributed by atoms with Crippen LogP contribution in [0.15, 0.2) is 23.2 Å². The zero-order valence-corrected chi connectivity index (χ0v) is 11.7. The molecule has 1 aliphatic rings.